The van der Waals surface area contributed by atoms with Gasteiger partial charge < -0.3 is 20.5 Å². The van der Waals surface area contributed by atoms with Gasteiger partial charge in [0.25, 0.3) is 0 Å². The van der Waals surface area contributed by atoms with Crippen LogP contribution in [0.15, 0.2) is 6.07 Å². The molecule has 0 radical (unpaired) electrons. The van der Waals surface area contributed by atoms with Crippen LogP contribution in [-0.4, -0.2) is 49.5 Å². The molecule has 172 valence electrons. The Bertz CT molecular complexity index is 1060. The lowest BCUT2D eigenvalue weighted by atomic mass is 9.46. The third-order valence-electron chi connectivity index (χ3n) is 7.21. The monoisotopic (exact) mass is 444 g/mol. The predicted molar refractivity (Wildman–Crippen MR) is 115 cm³/mol. The first-order valence-electron chi connectivity index (χ1n) is 11.2. The van der Waals surface area contributed by atoms with Crippen LogP contribution in [0.3, 0.4) is 0 Å². The molecule has 0 amide bonds. The van der Waals surface area contributed by atoms with Crippen LogP contribution in [0.4, 0.5) is 22.0 Å². The number of aliphatic hydroxyl groups is 1. The largest absolute Gasteiger partial charge is 0.461 e. The van der Waals surface area contributed by atoms with E-state index in [0.29, 0.717) is 18.2 Å². The van der Waals surface area contributed by atoms with Crippen LogP contribution in [0.25, 0.3) is 0 Å². The number of carbonyl (C=O) groups is 1. The van der Waals surface area contributed by atoms with E-state index in [1.807, 2.05) is 6.92 Å². The van der Waals surface area contributed by atoms with Crippen molar-refractivity contribution in [2.75, 3.05) is 17.2 Å². The molecule has 4 N–H and O–H groups in total. The molecule has 0 saturated heterocycles. The number of anilines is 3. The van der Waals surface area contributed by atoms with Gasteiger partial charge in [0.15, 0.2) is 23.1 Å². The van der Waals surface area contributed by atoms with Crippen molar-refractivity contribution in [2.45, 2.75) is 64.5 Å². The first-order valence-corrected chi connectivity index (χ1v) is 11.2. The lowest BCUT2D eigenvalue weighted by molar-refractivity contribution is -0.163. The van der Waals surface area contributed by atoms with Gasteiger partial charge in [-0.1, -0.05) is 6.92 Å². The van der Waals surface area contributed by atoms with Crippen LogP contribution in [0.2, 0.25) is 0 Å². The molecule has 5 unspecified atom stereocenters. The van der Waals surface area contributed by atoms with Gasteiger partial charge in [-0.15, -0.1) is 0 Å². The minimum Gasteiger partial charge on any atom is -0.461 e. The summed E-state index contributed by atoms with van der Waals surface area (Å²) in [7, 11) is 0. The Morgan fingerprint density at radius 3 is 2.84 bits per heavy atom. The number of nitrogens with one attached hydrogen (secondary N) is 3. The number of esters is 1. The molecular weight excluding hydrogens is 415 g/mol. The van der Waals surface area contributed by atoms with E-state index >= 15 is 4.39 Å². The predicted octanol–water partition coefficient (Wildman–Crippen LogP) is 3.31. The van der Waals surface area contributed by atoms with Crippen molar-refractivity contribution in [2.24, 2.45) is 17.3 Å². The lowest BCUT2D eigenvalue weighted by Crippen LogP contribution is -2.63. The highest BCUT2D eigenvalue weighted by molar-refractivity contribution is 5.89. The molecule has 32 heavy (non-hydrogen) atoms. The van der Waals surface area contributed by atoms with E-state index in [2.05, 4.69) is 37.7 Å². The summed E-state index contributed by atoms with van der Waals surface area (Å²) in [5.41, 5.74) is -0.339. The van der Waals surface area contributed by atoms with Crippen LogP contribution in [-0.2, 0) is 4.74 Å². The second kappa shape index (κ2) is 7.40. The van der Waals surface area contributed by atoms with E-state index in [1.165, 1.54) is 0 Å². The summed E-state index contributed by atoms with van der Waals surface area (Å²) in [4.78, 5) is 20.9. The first-order chi connectivity index (χ1) is 15.2. The minimum absolute atomic E-state index is 0.0281. The molecule has 10 heteroatoms. The summed E-state index contributed by atoms with van der Waals surface area (Å²) in [5, 5.41) is 24.1. The Balaban J connectivity index is 1.48. The van der Waals surface area contributed by atoms with E-state index in [4.69, 9.17) is 4.74 Å². The molecule has 4 aliphatic carbocycles. The zero-order valence-corrected chi connectivity index (χ0v) is 18.5. The van der Waals surface area contributed by atoms with Crippen molar-refractivity contribution < 1.29 is 19.0 Å². The molecule has 4 aliphatic rings. The second-order valence-corrected chi connectivity index (χ2v) is 9.99. The highest BCUT2D eigenvalue weighted by Crippen LogP contribution is 2.61. The highest BCUT2D eigenvalue weighted by atomic mass is 19.1. The van der Waals surface area contributed by atoms with Gasteiger partial charge in [-0.05, 0) is 63.2 Å². The Morgan fingerprint density at radius 2 is 2.19 bits per heavy atom. The number of hydrogen-bond donors (Lipinski definition) is 4. The number of H-pyrrole nitrogens is 1. The van der Waals surface area contributed by atoms with Crippen molar-refractivity contribution in [3.8, 4) is 0 Å². The Labute approximate surface area is 185 Å². The smallest absolute Gasteiger partial charge is 0.360 e. The fourth-order valence-corrected chi connectivity index (χ4v) is 6.51. The Morgan fingerprint density at radius 1 is 1.38 bits per heavy atom. The summed E-state index contributed by atoms with van der Waals surface area (Å²) in [6.07, 6.45) is 4.39. The molecule has 0 aromatic carbocycles. The number of aromatic amines is 1. The molecule has 2 aromatic heterocycles. The average molecular weight is 445 g/mol. The SMILES string of the molecule is CCOC(=O)c1nc(NC2C3CC4CC(O)(C3)CC2(C)C4)nc(Nc2cc(C)[nH]n2)c1F. The van der Waals surface area contributed by atoms with E-state index < -0.39 is 23.1 Å². The molecule has 0 aliphatic heterocycles. The van der Waals surface area contributed by atoms with Crippen molar-refractivity contribution in [3.05, 3.63) is 23.3 Å². The summed E-state index contributed by atoms with van der Waals surface area (Å²) in [6.45, 7) is 5.78. The summed E-state index contributed by atoms with van der Waals surface area (Å²) >= 11 is 0. The molecule has 4 fully saturated rings. The number of rotatable bonds is 6. The fourth-order valence-electron chi connectivity index (χ4n) is 6.51. The quantitative estimate of drug-likeness (QED) is 0.500. The molecule has 6 rings (SSSR count). The van der Waals surface area contributed by atoms with Crippen LogP contribution in [0.1, 0.15) is 62.1 Å². The van der Waals surface area contributed by atoms with Gasteiger partial charge in [-0.25, -0.2) is 14.2 Å². The normalized spacial score (nSPS) is 32.7. The third kappa shape index (κ3) is 3.60. The standard InChI is InChI=1S/C22H29FN6O3/c1-4-32-19(30)16-15(23)18(24-14-5-11(2)28-29-14)27-20(25-16)26-17-13-6-12-7-21(17,3)10-22(31,8-12)9-13/h5,12-13,17,31H,4,6-10H2,1-3H3,(H3,24,25,26,27,28,29). The van der Waals surface area contributed by atoms with E-state index in [1.54, 1.807) is 13.0 Å². The topological polar surface area (TPSA) is 125 Å². The van der Waals surface area contributed by atoms with Gasteiger partial charge in [-0.2, -0.15) is 10.1 Å². The number of aromatic nitrogens is 4. The molecule has 5 atom stereocenters. The zero-order chi connectivity index (χ0) is 22.7. The lowest BCUT2D eigenvalue weighted by Gasteiger charge is -2.63. The van der Waals surface area contributed by atoms with Crippen molar-refractivity contribution >= 4 is 23.6 Å². The maximum atomic E-state index is 15.1. The molecular formula is C22H29FN6O3. The second-order valence-electron chi connectivity index (χ2n) is 9.99. The van der Waals surface area contributed by atoms with Crippen LogP contribution < -0.4 is 10.6 Å². The summed E-state index contributed by atoms with van der Waals surface area (Å²) < 4.78 is 20.1. The van der Waals surface area contributed by atoms with Crippen molar-refractivity contribution in [3.63, 3.8) is 0 Å². The number of halogens is 1. The molecule has 2 heterocycles. The van der Waals surface area contributed by atoms with Crippen molar-refractivity contribution in [1.82, 2.24) is 20.2 Å². The molecule has 0 spiro atoms. The van der Waals surface area contributed by atoms with Crippen molar-refractivity contribution in [1.29, 1.82) is 0 Å². The maximum absolute atomic E-state index is 15.1. The minimum atomic E-state index is -0.889. The average Bonchev–Trinajstić information content (AvgIpc) is 3.10. The number of nitrogens with zero attached hydrogens (tertiary/aromatic N) is 3. The van der Waals surface area contributed by atoms with Crippen LogP contribution in [0, 0.1) is 30.0 Å². The number of aryl methyl sites for hydroxylation is 1. The summed E-state index contributed by atoms with van der Waals surface area (Å²) in [5.74, 6) is -0.539. The first kappa shape index (κ1) is 21.1. The van der Waals surface area contributed by atoms with Crippen LogP contribution in [0.5, 0.6) is 0 Å². The van der Waals surface area contributed by atoms with Gasteiger partial charge in [-0.3, -0.25) is 5.10 Å². The molecule has 4 bridgehead atoms. The maximum Gasteiger partial charge on any atom is 0.360 e. The molecule has 9 nitrogen and oxygen atoms in total. The number of hydrogen-bond acceptors (Lipinski definition) is 8. The van der Waals surface area contributed by atoms with Gasteiger partial charge in [0.05, 0.1) is 12.2 Å². The van der Waals surface area contributed by atoms with E-state index in [-0.39, 0.29) is 35.7 Å². The van der Waals surface area contributed by atoms with Gasteiger partial charge in [0.2, 0.25) is 5.95 Å². The van der Waals surface area contributed by atoms with Gasteiger partial charge in [0, 0.05) is 17.8 Å². The fraction of sp³-hybridized carbons (Fsp3) is 0.636. The van der Waals surface area contributed by atoms with E-state index in [0.717, 1.165) is 31.4 Å². The molecule has 4 saturated carbocycles. The third-order valence-corrected chi connectivity index (χ3v) is 7.21. The van der Waals surface area contributed by atoms with Crippen LogP contribution >= 0.6 is 0 Å². The number of ether oxygens (including phenoxy) is 1. The number of carbonyl (C=O) groups excluding carboxylic acids is 1. The Hall–Kier alpha value is -2.75. The van der Waals surface area contributed by atoms with Gasteiger partial charge in [0.1, 0.15) is 0 Å². The summed E-state index contributed by atoms with van der Waals surface area (Å²) in [6, 6.07) is 1.73. The van der Waals surface area contributed by atoms with Gasteiger partial charge >= 0.3 is 5.97 Å². The Kier molecular flexibility index (Phi) is 4.88. The zero-order valence-electron chi connectivity index (χ0n) is 18.5. The molecule has 2 aromatic rings. The highest BCUT2D eigenvalue weighted by Gasteiger charge is 2.60. The van der Waals surface area contributed by atoms with E-state index in [9.17, 15) is 9.90 Å².